The summed E-state index contributed by atoms with van der Waals surface area (Å²) in [5.41, 5.74) is 2.55. The molecule has 3 nitrogen and oxygen atoms in total. The molecule has 20 heavy (non-hydrogen) atoms. The highest BCUT2D eigenvalue weighted by atomic mass is 16.5. The Balaban J connectivity index is 2.00. The minimum absolute atomic E-state index is 0.411. The Bertz CT molecular complexity index is 413. The van der Waals surface area contributed by atoms with Crippen LogP contribution in [0, 0.1) is 6.92 Å². The van der Waals surface area contributed by atoms with Gasteiger partial charge in [-0.05, 0) is 56.3 Å². The number of ether oxygens (including phenoxy) is 2. The number of methoxy groups -OCH3 is 1. The molecule has 0 aromatic heterocycles. The predicted octanol–water partition coefficient (Wildman–Crippen LogP) is 3.61. The highest BCUT2D eigenvalue weighted by Crippen LogP contribution is 2.27. The molecular weight excluding hydrogens is 250 g/mol. The molecule has 1 heterocycles. The molecule has 0 radical (unpaired) electrons. The topological polar surface area (TPSA) is 30.5 Å². The molecule has 1 fully saturated rings. The minimum Gasteiger partial charge on any atom is -0.496 e. The Labute approximate surface area is 122 Å². The van der Waals surface area contributed by atoms with Crippen molar-refractivity contribution < 1.29 is 9.47 Å². The lowest BCUT2D eigenvalue weighted by Crippen LogP contribution is -2.22. The van der Waals surface area contributed by atoms with Gasteiger partial charge in [0.15, 0.2) is 0 Å². The van der Waals surface area contributed by atoms with Gasteiger partial charge in [-0.15, -0.1) is 0 Å². The summed E-state index contributed by atoms with van der Waals surface area (Å²) < 4.78 is 11.1. The van der Waals surface area contributed by atoms with Crippen LogP contribution in [0.3, 0.4) is 0 Å². The first-order valence-corrected chi connectivity index (χ1v) is 7.74. The molecule has 1 aromatic rings. The van der Waals surface area contributed by atoms with Crippen LogP contribution >= 0.6 is 0 Å². The van der Waals surface area contributed by atoms with Gasteiger partial charge in [-0.25, -0.2) is 0 Å². The number of rotatable bonds is 7. The molecule has 0 spiro atoms. The van der Waals surface area contributed by atoms with Crippen molar-refractivity contribution in [3.63, 3.8) is 0 Å². The van der Waals surface area contributed by atoms with E-state index in [2.05, 4.69) is 37.4 Å². The molecule has 3 heteroatoms. The van der Waals surface area contributed by atoms with Gasteiger partial charge in [-0.2, -0.15) is 0 Å². The van der Waals surface area contributed by atoms with Crippen molar-refractivity contribution in [2.75, 3.05) is 20.3 Å². The number of hydrogen-bond acceptors (Lipinski definition) is 3. The van der Waals surface area contributed by atoms with Crippen LogP contribution in [0.2, 0.25) is 0 Å². The van der Waals surface area contributed by atoms with Crippen LogP contribution in [0.5, 0.6) is 5.75 Å². The normalized spacial score (nSPS) is 20.1. The van der Waals surface area contributed by atoms with E-state index >= 15 is 0 Å². The maximum atomic E-state index is 5.73. The number of nitrogens with one attached hydrogen (secondary N) is 1. The Kier molecular flexibility index (Phi) is 5.86. The Morgan fingerprint density at radius 2 is 2.30 bits per heavy atom. The fourth-order valence-corrected chi connectivity index (χ4v) is 2.98. The highest BCUT2D eigenvalue weighted by molar-refractivity contribution is 5.37. The van der Waals surface area contributed by atoms with Crippen molar-refractivity contribution in [2.24, 2.45) is 0 Å². The number of benzene rings is 1. The molecule has 1 aromatic carbocycles. The van der Waals surface area contributed by atoms with E-state index < -0.39 is 0 Å². The molecule has 0 saturated carbocycles. The molecule has 2 atom stereocenters. The van der Waals surface area contributed by atoms with Crippen LogP contribution in [-0.2, 0) is 4.74 Å². The van der Waals surface area contributed by atoms with Gasteiger partial charge in [0, 0.05) is 12.6 Å². The van der Waals surface area contributed by atoms with Gasteiger partial charge < -0.3 is 14.8 Å². The molecule has 0 bridgehead atoms. The molecule has 1 N–H and O–H groups in total. The monoisotopic (exact) mass is 277 g/mol. The number of hydrogen-bond donors (Lipinski definition) is 1. The lowest BCUT2D eigenvalue weighted by atomic mass is 9.97. The second kappa shape index (κ2) is 7.65. The Hall–Kier alpha value is -1.06. The van der Waals surface area contributed by atoms with Crippen molar-refractivity contribution in [1.82, 2.24) is 5.32 Å². The molecule has 1 aliphatic heterocycles. The summed E-state index contributed by atoms with van der Waals surface area (Å²) in [4.78, 5) is 0. The first-order valence-electron chi connectivity index (χ1n) is 7.74. The van der Waals surface area contributed by atoms with E-state index in [0.29, 0.717) is 12.1 Å². The molecule has 112 valence electrons. The predicted molar refractivity (Wildman–Crippen MR) is 82.4 cm³/mol. The van der Waals surface area contributed by atoms with Crippen molar-refractivity contribution >= 4 is 0 Å². The van der Waals surface area contributed by atoms with Gasteiger partial charge in [0.05, 0.1) is 13.2 Å². The maximum Gasteiger partial charge on any atom is 0.121 e. The van der Waals surface area contributed by atoms with Crippen LogP contribution in [0.1, 0.15) is 49.8 Å². The standard InChI is InChI=1S/C17H27NO2/c1-4-18-16(9-8-15-6-5-11-20-15)14-7-10-17(19-3)13(2)12-14/h7,10,12,15-16,18H,4-6,8-9,11H2,1-3H3. The number of aryl methyl sites for hydroxylation is 1. The van der Waals surface area contributed by atoms with Gasteiger partial charge in [-0.1, -0.05) is 19.1 Å². The van der Waals surface area contributed by atoms with Gasteiger partial charge in [-0.3, -0.25) is 0 Å². The quantitative estimate of drug-likeness (QED) is 0.826. The molecule has 0 aliphatic carbocycles. The van der Waals surface area contributed by atoms with Crippen molar-refractivity contribution in [1.29, 1.82) is 0 Å². The third kappa shape index (κ3) is 3.97. The fraction of sp³-hybridized carbons (Fsp3) is 0.647. The van der Waals surface area contributed by atoms with E-state index in [1.807, 2.05) is 0 Å². The molecule has 0 amide bonds. The van der Waals surface area contributed by atoms with Crippen LogP contribution in [0.4, 0.5) is 0 Å². The third-order valence-electron chi connectivity index (χ3n) is 4.07. The smallest absolute Gasteiger partial charge is 0.121 e. The zero-order valence-corrected chi connectivity index (χ0v) is 12.9. The average molecular weight is 277 g/mol. The second-order valence-corrected chi connectivity index (χ2v) is 5.55. The van der Waals surface area contributed by atoms with Crippen molar-refractivity contribution in [2.45, 2.75) is 51.7 Å². The third-order valence-corrected chi connectivity index (χ3v) is 4.07. The first-order chi connectivity index (χ1) is 9.74. The lowest BCUT2D eigenvalue weighted by Gasteiger charge is -2.21. The van der Waals surface area contributed by atoms with Gasteiger partial charge >= 0.3 is 0 Å². The van der Waals surface area contributed by atoms with E-state index in [0.717, 1.165) is 31.7 Å². The fourth-order valence-electron chi connectivity index (χ4n) is 2.98. The van der Waals surface area contributed by atoms with Crippen molar-refractivity contribution in [3.05, 3.63) is 29.3 Å². The molecular formula is C17H27NO2. The summed E-state index contributed by atoms with van der Waals surface area (Å²) in [5.74, 6) is 0.961. The maximum absolute atomic E-state index is 5.73. The molecule has 1 saturated heterocycles. The molecule has 2 rings (SSSR count). The molecule has 2 unspecified atom stereocenters. The molecule has 1 aliphatic rings. The summed E-state index contributed by atoms with van der Waals surface area (Å²) >= 11 is 0. The van der Waals surface area contributed by atoms with E-state index in [1.54, 1.807) is 7.11 Å². The average Bonchev–Trinajstić information content (AvgIpc) is 2.96. The van der Waals surface area contributed by atoms with E-state index in [1.165, 1.54) is 24.0 Å². The SMILES string of the molecule is CCNC(CCC1CCCO1)c1ccc(OC)c(C)c1. The lowest BCUT2D eigenvalue weighted by molar-refractivity contribution is 0.0996. The van der Waals surface area contributed by atoms with Crippen LogP contribution in [0.25, 0.3) is 0 Å². The summed E-state index contributed by atoms with van der Waals surface area (Å²) in [6, 6.07) is 6.89. The summed E-state index contributed by atoms with van der Waals surface area (Å²) in [6.07, 6.45) is 5.18. The highest BCUT2D eigenvalue weighted by Gasteiger charge is 2.18. The summed E-state index contributed by atoms with van der Waals surface area (Å²) in [6.45, 7) is 6.19. The largest absolute Gasteiger partial charge is 0.496 e. The van der Waals surface area contributed by atoms with E-state index in [4.69, 9.17) is 9.47 Å². The van der Waals surface area contributed by atoms with Crippen LogP contribution in [-0.4, -0.2) is 26.4 Å². The van der Waals surface area contributed by atoms with E-state index in [9.17, 15) is 0 Å². The van der Waals surface area contributed by atoms with Gasteiger partial charge in [0.25, 0.3) is 0 Å². The zero-order valence-electron chi connectivity index (χ0n) is 12.9. The second-order valence-electron chi connectivity index (χ2n) is 5.55. The van der Waals surface area contributed by atoms with Gasteiger partial charge in [0.2, 0.25) is 0 Å². The van der Waals surface area contributed by atoms with Crippen LogP contribution < -0.4 is 10.1 Å². The van der Waals surface area contributed by atoms with Crippen molar-refractivity contribution in [3.8, 4) is 5.75 Å². The summed E-state index contributed by atoms with van der Waals surface area (Å²) in [7, 11) is 1.72. The Morgan fingerprint density at radius 3 is 2.90 bits per heavy atom. The zero-order chi connectivity index (χ0) is 14.4. The first kappa shape index (κ1) is 15.3. The van der Waals surface area contributed by atoms with Crippen LogP contribution in [0.15, 0.2) is 18.2 Å². The minimum atomic E-state index is 0.411. The Morgan fingerprint density at radius 1 is 1.45 bits per heavy atom. The summed E-state index contributed by atoms with van der Waals surface area (Å²) in [5, 5.41) is 3.59. The van der Waals surface area contributed by atoms with Gasteiger partial charge in [0.1, 0.15) is 5.75 Å². The van der Waals surface area contributed by atoms with E-state index in [-0.39, 0.29) is 0 Å².